The third-order valence-corrected chi connectivity index (χ3v) is 2.82. The van der Waals surface area contributed by atoms with E-state index >= 15 is 0 Å². The number of hydrogen-bond acceptors (Lipinski definition) is 5. The lowest BCUT2D eigenvalue weighted by atomic mass is 10.0. The molecule has 1 atom stereocenters. The van der Waals surface area contributed by atoms with Crippen LogP contribution in [0.25, 0.3) is 0 Å². The van der Waals surface area contributed by atoms with Crippen LogP contribution in [0.4, 0.5) is 0 Å². The zero-order valence-electron chi connectivity index (χ0n) is 12.2. The van der Waals surface area contributed by atoms with Crippen molar-refractivity contribution in [1.29, 1.82) is 0 Å². The lowest BCUT2D eigenvalue weighted by Gasteiger charge is -2.17. The second-order valence-corrected chi connectivity index (χ2v) is 5.33. The molecule has 0 aliphatic carbocycles. The van der Waals surface area contributed by atoms with Crippen LogP contribution in [-0.2, 0) is 16.0 Å². The maximum Gasteiger partial charge on any atom is 0.326 e. The molecule has 0 aliphatic rings. The summed E-state index contributed by atoms with van der Waals surface area (Å²) < 4.78 is 5.02. The van der Waals surface area contributed by atoms with Crippen molar-refractivity contribution in [2.45, 2.75) is 52.5 Å². The number of aryl methyl sites for hydroxylation is 1. The van der Waals surface area contributed by atoms with E-state index in [0.717, 1.165) is 0 Å². The smallest absolute Gasteiger partial charge is 0.326 e. The van der Waals surface area contributed by atoms with Gasteiger partial charge in [0.2, 0.25) is 11.8 Å². The third-order valence-electron chi connectivity index (χ3n) is 2.82. The van der Waals surface area contributed by atoms with Gasteiger partial charge in [0.15, 0.2) is 5.82 Å². The summed E-state index contributed by atoms with van der Waals surface area (Å²) in [7, 11) is 0. The monoisotopic (exact) mass is 283 g/mol. The number of nitrogens with one attached hydrogen (secondary N) is 1. The van der Waals surface area contributed by atoms with Crippen molar-refractivity contribution in [3.8, 4) is 0 Å². The van der Waals surface area contributed by atoms with E-state index in [4.69, 9.17) is 9.63 Å². The molecule has 20 heavy (non-hydrogen) atoms. The zero-order chi connectivity index (χ0) is 15.3. The highest BCUT2D eigenvalue weighted by atomic mass is 16.5. The maximum absolute atomic E-state index is 11.7. The summed E-state index contributed by atoms with van der Waals surface area (Å²) in [6.07, 6.45) is 0.423. The van der Waals surface area contributed by atoms with Gasteiger partial charge in [0.25, 0.3) is 0 Å². The molecule has 0 aliphatic heterocycles. The largest absolute Gasteiger partial charge is 0.480 e. The minimum Gasteiger partial charge on any atom is -0.480 e. The average Bonchev–Trinajstić information content (AvgIpc) is 2.81. The predicted octanol–water partition coefficient (Wildman–Crippen LogP) is 1.35. The molecule has 0 radical (unpaired) electrons. The van der Waals surface area contributed by atoms with Crippen molar-refractivity contribution in [3.63, 3.8) is 0 Å². The molecule has 0 saturated carbocycles. The first kappa shape index (κ1) is 16.1. The quantitative estimate of drug-likeness (QED) is 0.782. The fourth-order valence-electron chi connectivity index (χ4n) is 1.58. The van der Waals surface area contributed by atoms with Gasteiger partial charge >= 0.3 is 5.97 Å². The SMILES string of the molecule is CC(C)c1noc(CCC(=O)N[C@H](C(=O)O)C(C)C)n1. The van der Waals surface area contributed by atoms with Crippen LogP contribution in [-0.4, -0.2) is 33.2 Å². The van der Waals surface area contributed by atoms with Crippen LogP contribution < -0.4 is 5.32 Å². The molecule has 112 valence electrons. The van der Waals surface area contributed by atoms with Crippen LogP contribution in [0.3, 0.4) is 0 Å². The van der Waals surface area contributed by atoms with Crippen molar-refractivity contribution in [3.05, 3.63) is 11.7 Å². The van der Waals surface area contributed by atoms with E-state index in [2.05, 4.69) is 15.5 Å². The van der Waals surface area contributed by atoms with Crippen molar-refractivity contribution in [1.82, 2.24) is 15.5 Å². The molecule has 0 aromatic carbocycles. The molecular weight excluding hydrogens is 262 g/mol. The van der Waals surface area contributed by atoms with Gasteiger partial charge in [0.05, 0.1) is 0 Å². The fraction of sp³-hybridized carbons (Fsp3) is 0.692. The van der Waals surface area contributed by atoms with E-state index in [1.54, 1.807) is 13.8 Å². The predicted molar refractivity (Wildman–Crippen MR) is 71.1 cm³/mol. The lowest BCUT2D eigenvalue weighted by molar-refractivity contribution is -0.143. The van der Waals surface area contributed by atoms with Crippen molar-refractivity contribution in [2.75, 3.05) is 0 Å². The Morgan fingerprint density at radius 3 is 2.40 bits per heavy atom. The summed E-state index contributed by atoms with van der Waals surface area (Å²) in [5.41, 5.74) is 0. The Labute approximate surface area is 117 Å². The van der Waals surface area contributed by atoms with Crippen molar-refractivity contribution in [2.24, 2.45) is 5.92 Å². The molecule has 7 nitrogen and oxygen atoms in total. The lowest BCUT2D eigenvalue weighted by Crippen LogP contribution is -2.44. The van der Waals surface area contributed by atoms with Crippen LogP contribution in [0, 0.1) is 5.92 Å². The number of nitrogens with zero attached hydrogens (tertiary/aromatic N) is 2. The van der Waals surface area contributed by atoms with E-state index in [1.807, 2.05) is 13.8 Å². The minimum atomic E-state index is -1.03. The Hall–Kier alpha value is -1.92. The first-order valence-electron chi connectivity index (χ1n) is 6.66. The van der Waals surface area contributed by atoms with Gasteiger partial charge < -0.3 is 14.9 Å². The Kier molecular flexibility index (Phi) is 5.66. The molecule has 1 aromatic rings. The van der Waals surface area contributed by atoms with Crippen LogP contribution >= 0.6 is 0 Å². The van der Waals surface area contributed by atoms with Gasteiger partial charge in [0.1, 0.15) is 6.04 Å². The maximum atomic E-state index is 11.7. The molecule has 7 heteroatoms. The van der Waals surface area contributed by atoms with Crippen molar-refractivity contribution < 1.29 is 19.2 Å². The summed E-state index contributed by atoms with van der Waals surface area (Å²) in [4.78, 5) is 26.8. The van der Waals surface area contributed by atoms with Gasteiger partial charge in [0, 0.05) is 18.8 Å². The van der Waals surface area contributed by atoms with Gasteiger partial charge in [-0.05, 0) is 5.92 Å². The number of carbonyl (C=O) groups excluding carboxylic acids is 1. The van der Waals surface area contributed by atoms with Crippen LogP contribution in [0.5, 0.6) is 0 Å². The molecule has 1 aromatic heterocycles. The van der Waals surface area contributed by atoms with Crippen LogP contribution in [0.1, 0.15) is 51.7 Å². The highest BCUT2D eigenvalue weighted by Gasteiger charge is 2.23. The number of amides is 1. The summed E-state index contributed by atoms with van der Waals surface area (Å²) in [6.45, 7) is 7.38. The first-order chi connectivity index (χ1) is 9.31. The highest BCUT2D eigenvalue weighted by Crippen LogP contribution is 2.10. The van der Waals surface area contributed by atoms with Gasteiger partial charge in [-0.1, -0.05) is 32.9 Å². The number of aliphatic carboxylic acids is 1. The third kappa shape index (κ3) is 4.64. The normalized spacial score (nSPS) is 12.7. The Balaban J connectivity index is 2.48. The highest BCUT2D eigenvalue weighted by molar-refractivity contribution is 5.83. The molecule has 1 amide bonds. The molecule has 2 N–H and O–H groups in total. The zero-order valence-corrected chi connectivity index (χ0v) is 12.2. The molecule has 0 saturated heterocycles. The number of hydrogen-bond donors (Lipinski definition) is 2. The number of carboxylic acids is 1. The van der Waals surface area contributed by atoms with Gasteiger partial charge in [-0.15, -0.1) is 0 Å². The number of rotatable bonds is 7. The summed E-state index contributed by atoms with van der Waals surface area (Å²) in [6, 6.07) is -0.878. The number of carbonyl (C=O) groups is 2. The topological polar surface area (TPSA) is 105 Å². The Morgan fingerprint density at radius 2 is 1.95 bits per heavy atom. The van der Waals surface area contributed by atoms with Gasteiger partial charge in [-0.3, -0.25) is 4.79 Å². The van der Waals surface area contributed by atoms with Crippen molar-refractivity contribution >= 4 is 11.9 Å². The molecule has 0 unspecified atom stereocenters. The minimum absolute atomic E-state index is 0.121. The van der Waals surface area contributed by atoms with E-state index in [9.17, 15) is 9.59 Å². The summed E-state index contributed by atoms with van der Waals surface area (Å²) >= 11 is 0. The Bertz CT molecular complexity index is 468. The Morgan fingerprint density at radius 1 is 1.30 bits per heavy atom. The standard InChI is InChI=1S/C13H21N3O4/c1-7(2)11(13(18)19)14-9(17)5-6-10-15-12(8(3)4)16-20-10/h7-8,11H,5-6H2,1-4H3,(H,14,17)(H,18,19)/t11-/m0/s1. The molecule has 1 rings (SSSR count). The summed E-state index contributed by atoms with van der Waals surface area (Å²) in [5, 5.41) is 15.3. The summed E-state index contributed by atoms with van der Waals surface area (Å²) in [5.74, 6) is -0.388. The molecule has 0 bridgehead atoms. The molecular formula is C13H21N3O4. The first-order valence-corrected chi connectivity index (χ1v) is 6.66. The van der Waals surface area contributed by atoms with Crippen LogP contribution in [0.15, 0.2) is 4.52 Å². The second-order valence-electron chi connectivity index (χ2n) is 5.33. The van der Waals surface area contributed by atoms with Gasteiger partial charge in [-0.25, -0.2) is 4.79 Å². The molecule has 0 spiro atoms. The van der Waals surface area contributed by atoms with E-state index < -0.39 is 12.0 Å². The number of aromatic nitrogens is 2. The molecule has 0 fully saturated rings. The average molecular weight is 283 g/mol. The molecule has 1 heterocycles. The van der Waals surface area contributed by atoms with E-state index in [1.165, 1.54) is 0 Å². The van der Waals surface area contributed by atoms with E-state index in [0.29, 0.717) is 18.1 Å². The van der Waals surface area contributed by atoms with E-state index in [-0.39, 0.29) is 24.2 Å². The second kappa shape index (κ2) is 7.02. The van der Waals surface area contributed by atoms with Gasteiger partial charge in [-0.2, -0.15) is 4.98 Å². The fourth-order valence-corrected chi connectivity index (χ4v) is 1.58. The van der Waals surface area contributed by atoms with Crippen LogP contribution in [0.2, 0.25) is 0 Å². The number of carboxylic acid groups (broad SMARTS) is 1.